The van der Waals surface area contributed by atoms with Gasteiger partial charge >= 0.3 is 0 Å². The fourth-order valence-corrected chi connectivity index (χ4v) is 6.89. The maximum absolute atomic E-state index is 3.74. The topological polar surface area (TPSA) is 15.3 Å². The van der Waals surface area contributed by atoms with E-state index >= 15 is 0 Å². The van der Waals surface area contributed by atoms with Crippen molar-refractivity contribution >= 4 is 0 Å². The highest BCUT2D eigenvalue weighted by Crippen LogP contribution is 2.60. The van der Waals surface area contributed by atoms with E-state index in [0.717, 1.165) is 35.3 Å². The van der Waals surface area contributed by atoms with Gasteiger partial charge in [-0.25, -0.2) is 0 Å². The molecule has 1 aliphatic heterocycles. The molecule has 1 unspecified atom stereocenters. The van der Waals surface area contributed by atoms with Gasteiger partial charge in [-0.15, -0.1) is 0 Å². The van der Waals surface area contributed by atoms with Gasteiger partial charge in [0.2, 0.25) is 0 Å². The zero-order chi connectivity index (χ0) is 13.9. The van der Waals surface area contributed by atoms with Crippen LogP contribution in [0.3, 0.4) is 0 Å². The molecular formula is C19H32N2. The quantitative estimate of drug-likeness (QED) is 0.834. The molecule has 1 saturated heterocycles. The Balaban J connectivity index is 1.30. The normalized spacial score (nSPS) is 48.4. The summed E-state index contributed by atoms with van der Waals surface area (Å²) in [6.07, 6.45) is 15.3. The fourth-order valence-electron chi connectivity index (χ4n) is 6.89. The van der Waals surface area contributed by atoms with E-state index in [1.807, 2.05) is 0 Å². The van der Waals surface area contributed by atoms with Crippen molar-refractivity contribution in [2.24, 2.45) is 23.2 Å². The van der Waals surface area contributed by atoms with Crippen LogP contribution in [-0.4, -0.2) is 36.6 Å². The van der Waals surface area contributed by atoms with Crippen LogP contribution in [-0.2, 0) is 0 Å². The van der Waals surface area contributed by atoms with Crippen molar-refractivity contribution in [3.63, 3.8) is 0 Å². The summed E-state index contributed by atoms with van der Waals surface area (Å²) in [6.45, 7) is 4.08. The zero-order valence-electron chi connectivity index (χ0n) is 13.5. The SMILES string of the molecule is C1CNC(CN(CC23CC4CC(CC(C4)C2)C3)C2CC2)C1. The Hall–Kier alpha value is -0.0800. The van der Waals surface area contributed by atoms with Gasteiger partial charge in [-0.3, -0.25) is 4.90 Å². The highest BCUT2D eigenvalue weighted by atomic mass is 15.2. The molecule has 5 aliphatic carbocycles. The molecule has 0 aromatic carbocycles. The van der Waals surface area contributed by atoms with Crippen molar-refractivity contribution in [2.75, 3.05) is 19.6 Å². The molecule has 0 radical (unpaired) electrons. The summed E-state index contributed by atoms with van der Waals surface area (Å²) >= 11 is 0. The van der Waals surface area contributed by atoms with Gasteiger partial charge < -0.3 is 5.32 Å². The molecular weight excluding hydrogens is 256 g/mol. The van der Waals surface area contributed by atoms with Crippen LogP contribution in [0.25, 0.3) is 0 Å². The van der Waals surface area contributed by atoms with Gasteiger partial charge in [0.15, 0.2) is 0 Å². The second-order valence-electron chi connectivity index (χ2n) is 9.37. The molecule has 4 bridgehead atoms. The summed E-state index contributed by atoms with van der Waals surface area (Å²) in [5.41, 5.74) is 0.746. The van der Waals surface area contributed by atoms with Crippen LogP contribution in [0.5, 0.6) is 0 Å². The molecule has 118 valence electrons. The molecule has 0 amide bonds. The monoisotopic (exact) mass is 288 g/mol. The van der Waals surface area contributed by atoms with E-state index in [1.165, 1.54) is 45.3 Å². The maximum Gasteiger partial charge on any atom is 0.0195 e. The smallest absolute Gasteiger partial charge is 0.0195 e. The molecule has 5 saturated carbocycles. The van der Waals surface area contributed by atoms with Crippen LogP contribution < -0.4 is 5.32 Å². The Kier molecular flexibility index (Phi) is 3.16. The van der Waals surface area contributed by atoms with E-state index in [0.29, 0.717) is 0 Å². The Morgan fingerprint density at radius 2 is 1.57 bits per heavy atom. The summed E-state index contributed by atoms with van der Waals surface area (Å²) in [6, 6.07) is 1.76. The van der Waals surface area contributed by atoms with E-state index in [2.05, 4.69) is 10.2 Å². The van der Waals surface area contributed by atoms with Gasteiger partial charge in [-0.05, 0) is 93.9 Å². The lowest BCUT2D eigenvalue weighted by molar-refractivity contribution is -0.0709. The lowest BCUT2D eigenvalue weighted by Crippen LogP contribution is -2.53. The minimum atomic E-state index is 0.746. The van der Waals surface area contributed by atoms with Crippen LogP contribution in [0, 0.1) is 23.2 Å². The van der Waals surface area contributed by atoms with Crippen molar-refractivity contribution in [2.45, 2.75) is 76.3 Å². The molecule has 1 atom stereocenters. The van der Waals surface area contributed by atoms with Gasteiger partial charge in [0, 0.05) is 25.2 Å². The average Bonchev–Trinajstić information content (AvgIpc) is 3.15. The predicted molar refractivity (Wildman–Crippen MR) is 86.2 cm³/mol. The highest BCUT2D eigenvalue weighted by molar-refractivity contribution is 5.04. The van der Waals surface area contributed by atoms with Crippen LogP contribution in [0.15, 0.2) is 0 Å². The molecule has 21 heavy (non-hydrogen) atoms. The van der Waals surface area contributed by atoms with Crippen molar-refractivity contribution in [3.05, 3.63) is 0 Å². The third kappa shape index (κ3) is 2.57. The first-order chi connectivity index (χ1) is 10.3. The first kappa shape index (κ1) is 13.4. The Labute approximate surface area is 130 Å². The molecule has 6 fully saturated rings. The number of nitrogens with zero attached hydrogens (tertiary/aromatic N) is 1. The first-order valence-corrected chi connectivity index (χ1v) is 9.75. The van der Waals surface area contributed by atoms with Crippen LogP contribution >= 0.6 is 0 Å². The van der Waals surface area contributed by atoms with Gasteiger partial charge in [0.25, 0.3) is 0 Å². The molecule has 0 aromatic heterocycles. The van der Waals surface area contributed by atoms with Gasteiger partial charge in [-0.2, -0.15) is 0 Å². The van der Waals surface area contributed by atoms with Crippen molar-refractivity contribution in [1.82, 2.24) is 10.2 Å². The predicted octanol–water partition coefficient (Wildman–Crippen LogP) is 3.42. The van der Waals surface area contributed by atoms with E-state index in [9.17, 15) is 0 Å². The lowest BCUT2D eigenvalue weighted by Gasteiger charge is -2.58. The summed E-state index contributed by atoms with van der Waals surface area (Å²) < 4.78 is 0. The molecule has 1 N–H and O–H groups in total. The number of nitrogens with one attached hydrogen (secondary N) is 1. The lowest BCUT2D eigenvalue weighted by atomic mass is 9.49. The fraction of sp³-hybridized carbons (Fsp3) is 1.00. The number of rotatable bonds is 5. The standard InChI is InChI=1S/C19H32N2/c1-2-17(20-5-1)12-21(18-3-4-18)13-19-9-14-6-15(10-19)8-16(7-14)11-19/h14-18,20H,1-13H2. The zero-order valence-corrected chi connectivity index (χ0v) is 13.5. The second-order valence-corrected chi connectivity index (χ2v) is 9.37. The summed E-state index contributed by atoms with van der Waals surface area (Å²) in [7, 11) is 0. The van der Waals surface area contributed by atoms with E-state index in [4.69, 9.17) is 0 Å². The second kappa shape index (κ2) is 4.96. The first-order valence-electron chi connectivity index (χ1n) is 9.75. The summed E-state index contributed by atoms with van der Waals surface area (Å²) in [5.74, 6) is 3.34. The molecule has 0 aromatic rings. The van der Waals surface area contributed by atoms with Gasteiger partial charge in [-0.1, -0.05) is 0 Å². The third-order valence-electron chi connectivity index (χ3n) is 7.38. The summed E-state index contributed by atoms with van der Waals surface area (Å²) in [4.78, 5) is 2.94. The minimum Gasteiger partial charge on any atom is -0.313 e. The molecule has 1 heterocycles. The van der Waals surface area contributed by atoms with Crippen LogP contribution in [0.2, 0.25) is 0 Å². The molecule has 2 heteroatoms. The number of hydrogen-bond acceptors (Lipinski definition) is 2. The van der Waals surface area contributed by atoms with Gasteiger partial charge in [0.05, 0.1) is 0 Å². The van der Waals surface area contributed by atoms with Crippen molar-refractivity contribution in [3.8, 4) is 0 Å². The Morgan fingerprint density at radius 1 is 0.905 bits per heavy atom. The third-order valence-corrected chi connectivity index (χ3v) is 7.38. The van der Waals surface area contributed by atoms with E-state index < -0.39 is 0 Å². The van der Waals surface area contributed by atoms with E-state index in [1.54, 1.807) is 38.5 Å². The van der Waals surface area contributed by atoms with Crippen LogP contribution in [0.4, 0.5) is 0 Å². The Morgan fingerprint density at radius 3 is 2.10 bits per heavy atom. The maximum atomic E-state index is 3.74. The summed E-state index contributed by atoms with van der Waals surface area (Å²) in [5, 5.41) is 3.74. The molecule has 6 rings (SSSR count). The van der Waals surface area contributed by atoms with Crippen molar-refractivity contribution in [1.29, 1.82) is 0 Å². The highest BCUT2D eigenvalue weighted by Gasteiger charge is 2.52. The average molecular weight is 288 g/mol. The minimum absolute atomic E-state index is 0.746. The van der Waals surface area contributed by atoms with Crippen LogP contribution in [0.1, 0.15) is 64.2 Å². The van der Waals surface area contributed by atoms with Crippen molar-refractivity contribution < 1.29 is 0 Å². The molecule has 2 nitrogen and oxygen atoms in total. The Bertz CT molecular complexity index is 359. The number of hydrogen-bond donors (Lipinski definition) is 1. The van der Waals surface area contributed by atoms with Gasteiger partial charge in [0.1, 0.15) is 0 Å². The van der Waals surface area contributed by atoms with E-state index in [-0.39, 0.29) is 0 Å². The largest absolute Gasteiger partial charge is 0.313 e. The molecule has 0 spiro atoms. The molecule has 6 aliphatic rings.